The number of ether oxygens (including phenoxy) is 2. The molecule has 9 rings (SSSR count). The summed E-state index contributed by atoms with van der Waals surface area (Å²) in [5.74, 6) is 2.97. The van der Waals surface area contributed by atoms with E-state index in [9.17, 15) is 5.11 Å². The number of nitrogens with zero attached hydrogens (tertiary/aromatic N) is 7. The number of aliphatic hydroxyl groups excluding tert-OH is 1. The van der Waals surface area contributed by atoms with E-state index in [0.717, 1.165) is 55.5 Å². The van der Waals surface area contributed by atoms with Crippen LogP contribution in [0.5, 0.6) is 11.5 Å². The predicted molar refractivity (Wildman–Crippen MR) is 218 cm³/mol. The summed E-state index contributed by atoms with van der Waals surface area (Å²) < 4.78 is 22.4. The highest BCUT2D eigenvalue weighted by Gasteiger charge is 2.36. The fourth-order valence-corrected chi connectivity index (χ4v) is 7.94. The number of rotatable bonds is 9. The quantitative estimate of drug-likeness (QED) is 0.135. The third kappa shape index (κ3) is 7.68. The summed E-state index contributed by atoms with van der Waals surface area (Å²) in [5.41, 5.74) is 15.2. The number of nitrogens with two attached hydrogens (primary N) is 1. The Hall–Kier alpha value is -6.38. The van der Waals surface area contributed by atoms with Crippen LogP contribution in [0.25, 0.3) is 55.4 Å². The summed E-state index contributed by atoms with van der Waals surface area (Å²) in [6.45, 7) is 24.0. The molecule has 0 amide bonds. The van der Waals surface area contributed by atoms with Gasteiger partial charge in [-0.25, -0.2) is 9.69 Å². The van der Waals surface area contributed by atoms with Crippen molar-refractivity contribution in [1.29, 1.82) is 0 Å². The molecule has 0 spiro atoms. The standard InChI is InChI=1S/C24H24N4O3.C21H20N4O2/c1-14(2)30-22-10-7-15(11-20(22)25-3)24-26-23(27-31-24)19-6-4-5-18-17(19)8-9-21(18)28-12-16(29)13-28;1-12(2)26-19-10-7-13(11-18(19)23-3)21-24-20(25-27-21)16-6-4-5-15-14(16)8-9-17(15)22/h4-7,10-11,14,16,21,29H,8-9,12-13H2,1-2H3;4-7,10-12,17H,8-9,22H2,1-2H3/t21-;17-/m00/s1. The molecular formula is C45H44N8O5. The van der Waals surface area contributed by atoms with Crippen molar-refractivity contribution in [3.05, 3.63) is 118 Å². The third-order valence-electron chi connectivity index (χ3n) is 10.6. The number of aliphatic hydroxyl groups is 1. The number of aromatic nitrogens is 4. The monoisotopic (exact) mass is 776 g/mol. The molecule has 294 valence electrons. The molecule has 3 heterocycles. The lowest BCUT2D eigenvalue weighted by atomic mass is 9.99. The Morgan fingerprint density at radius 2 is 1.22 bits per heavy atom. The first-order valence-corrected chi connectivity index (χ1v) is 19.6. The van der Waals surface area contributed by atoms with Crippen LogP contribution >= 0.6 is 0 Å². The lowest BCUT2D eigenvalue weighted by Gasteiger charge is -2.40. The molecule has 0 saturated carbocycles. The van der Waals surface area contributed by atoms with Crippen molar-refractivity contribution in [3.8, 4) is 57.2 Å². The smallest absolute Gasteiger partial charge is 0.256 e. The maximum absolute atomic E-state index is 9.67. The average molecular weight is 777 g/mol. The SMILES string of the molecule is [C-]#[N+]c1cc(-c2nc(-c3cccc4c3CC[C@@H]4N)no2)ccc1OC(C)C.[C-]#[N+]c1cc(-c2nc(-c3cccc4c3CC[C@@H]4N3CC(O)C3)no2)ccc1OC(C)C. The molecule has 13 nitrogen and oxygen atoms in total. The van der Waals surface area contributed by atoms with Gasteiger partial charge in [0.2, 0.25) is 23.0 Å². The Balaban J connectivity index is 0.000000164. The van der Waals surface area contributed by atoms with Crippen LogP contribution in [-0.2, 0) is 12.8 Å². The largest absolute Gasteiger partial charge is 0.502 e. The van der Waals surface area contributed by atoms with Crippen molar-refractivity contribution in [2.45, 2.75) is 83.8 Å². The van der Waals surface area contributed by atoms with Gasteiger partial charge in [0.1, 0.15) is 11.5 Å². The van der Waals surface area contributed by atoms with Gasteiger partial charge in [-0.15, -0.1) is 0 Å². The Bertz CT molecular complexity index is 2540. The maximum atomic E-state index is 9.67. The second kappa shape index (κ2) is 16.2. The molecule has 2 atom stereocenters. The van der Waals surface area contributed by atoms with Gasteiger partial charge in [-0.1, -0.05) is 46.7 Å². The van der Waals surface area contributed by atoms with Gasteiger partial charge in [-0.05, 0) is 112 Å². The Morgan fingerprint density at radius 1 is 0.724 bits per heavy atom. The molecular weight excluding hydrogens is 733 g/mol. The third-order valence-corrected chi connectivity index (χ3v) is 10.6. The van der Waals surface area contributed by atoms with Gasteiger partial charge in [0.15, 0.2) is 0 Å². The van der Waals surface area contributed by atoms with Crippen LogP contribution in [0, 0.1) is 13.1 Å². The molecule has 13 heteroatoms. The lowest BCUT2D eigenvalue weighted by molar-refractivity contribution is -0.0251. The van der Waals surface area contributed by atoms with Crippen molar-refractivity contribution in [3.63, 3.8) is 0 Å². The summed E-state index contributed by atoms with van der Waals surface area (Å²) in [5, 5.41) is 18.1. The van der Waals surface area contributed by atoms with Gasteiger partial charge in [-0.3, -0.25) is 4.90 Å². The number of fused-ring (bicyclic) bond motifs is 2. The van der Waals surface area contributed by atoms with E-state index in [2.05, 4.69) is 47.0 Å². The molecule has 1 aliphatic heterocycles. The van der Waals surface area contributed by atoms with E-state index < -0.39 is 0 Å². The van der Waals surface area contributed by atoms with Gasteiger partial charge in [0.25, 0.3) is 11.8 Å². The first-order valence-electron chi connectivity index (χ1n) is 19.6. The van der Waals surface area contributed by atoms with Crippen LogP contribution in [0.1, 0.15) is 74.9 Å². The summed E-state index contributed by atoms with van der Waals surface area (Å²) in [6, 6.07) is 23.3. The molecule has 0 bridgehead atoms. The normalized spacial score (nSPS) is 17.2. The number of likely N-dealkylation sites (tertiary alicyclic amines) is 1. The second-order valence-electron chi connectivity index (χ2n) is 15.3. The minimum Gasteiger partial charge on any atom is -0.502 e. The van der Waals surface area contributed by atoms with Crippen LogP contribution in [-0.4, -0.2) is 61.7 Å². The highest BCUT2D eigenvalue weighted by Crippen LogP contribution is 2.43. The molecule has 4 aromatic carbocycles. The maximum Gasteiger partial charge on any atom is 0.256 e. The van der Waals surface area contributed by atoms with Crippen LogP contribution in [0.3, 0.4) is 0 Å². The number of hydrogen-bond acceptors (Lipinski definition) is 11. The van der Waals surface area contributed by atoms with E-state index in [1.165, 1.54) is 16.7 Å². The zero-order chi connectivity index (χ0) is 40.5. The fourth-order valence-electron chi connectivity index (χ4n) is 7.94. The highest BCUT2D eigenvalue weighted by molar-refractivity contribution is 5.72. The summed E-state index contributed by atoms with van der Waals surface area (Å²) in [4.78, 5) is 18.7. The zero-order valence-corrected chi connectivity index (χ0v) is 32.8. The highest BCUT2D eigenvalue weighted by atomic mass is 16.5. The molecule has 1 saturated heterocycles. The van der Waals surface area contributed by atoms with Crippen LogP contribution < -0.4 is 15.2 Å². The lowest BCUT2D eigenvalue weighted by Crippen LogP contribution is -2.51. The van der Waals surface area contributed by atoms with E-state index in [1.54, 1.807) is 24.3 Å². The molecule has 1 fully saturated rings. The molecule has 2 aromatic heterocycles. The fraction of sp³-hybridized carbons (Fsp3) is 0.333. The van der Waals surface area contributed by atoms with E-state index >= 15 is 0 Å². The van der Waals surface area contributed by atoms with Gasteiger partial charge in [-0.2, -0.15) is 9.97 Å². The molecule has 58 heavy (non-hydrogen) atoms. The van der Waals surface area contributed by atoms with Crippen LogP contribution in [0.4, 0.5) is 11.4 Å². The predicted octanol–water partition coefficient (Wildman–Crippen LogP) is 9.09. The number of β-amino-alcohol motifs (C(OH)–C–C–N with tert-alkyl or cyclic N) is 1. The molecule has 3 aliphatic rings. The van der Waals surface area contributed by atoms with E-state index in [1.807, 2.05) is 64.1 Å². The van der Waals surface area contributed by atoms with Gasteiger partial charge < -0.3 is 29.4 Å². The molecule has 0 radical (unpaired) electrons. The first-order chi connectivity index (χ1) is 28.1. The second-order valence-corrected chi connectivity index (χ2v) is 15.3. The van der Waals surface area contributed by atoms with Gasteiger partial charge >= 0.3 is 0 Å². The van der Waals surface area contributed by atoms with Crippen LogP contribution in [0.2, 0.25) is 0 Å². The van der Waals surface area contributed by atoms with Crippen molar-refractivity contribution in [2.75, 3.05) is 13.1 Å². The van der Waals surface area contributed by atoms with Crippen molar-refractivity contribution in [2.24, 2.45) is 5.73 Å². The Labute approximate surface area is 337 Å². The summed E-state index contributed by atoms with van der Waals surface area (Å²) in [6.07, 6.45) is 3.63. The van der Waals surface area contributed by atoms with Crippen molar-refractivity contribution < 1.29 is 23.6 Å². The molecule has 2 aliphatic carbocycles. The van der Waals surface area contributed by atoms with E-state index in [0.29, 0.717) is 63.5 Å². The minimum atomic E-state index is -0.204. The molecule has 6 aromatic rings. The Morgan fingerprint density at radius 3 is 1.72 bits per heavy atom. The minimum absolute atomic E-state index is 0.00194. The van der Waals surface area contributed by atoms with E-state index in [4.69, 9.17) is 37.4 Å². The van der Waals surface area contributed by atoms with E-state index in [-0.39, 0.29) is 24.4 Å². The van der Waals surface area contributed by atoms with Gasteiger partial charge in [0, 0.05) is 47.4 Å². The summed E-state index contributed by atoms with van der Waals surface area (Å²) in [7, 11) is 0. The average Bonchev–Trinajstić information content (AvgIpc) is 4.04. The zero-order valence-electron chi connectivity index (χ0n) is 32.8. The van der Waals surface area contributed by atoms with Crippen molar-refractivity contribution in [1.82, 2.24) is 25.2 Å². The topological polar surface area (TPSA) is 155 Å². The number of hydrogen-bond donors (Lipinski definition) is 2. The summed E-state index contributed by atoms with van der Waals surface area (Å²) >= 11 is 0. The molecule has 3 N–H and O–H groups in total. The van der Waals surface area contributed by atoms with Crippen LogP contribution in [0.15, 0.2) is 81.8 Å². The Kier molecular flexibility index (Phi) is 10.8. The number of benzene rings is 4. The van der Waals surface area contributed by atoms with Crippen molar-refractivity contribution >= 4 is 11.4 Å². The molecule has 0 unspecified atom stereocenters. The first kappa shape index (κ1) is 38.5. The van der Waals surface area contributed by atoms with Gasteiger partial charge in [0.05, 0.1) is 31.5 Å².